The van der Waals surface area contributed by atoms with Crippen LogP contribution in [-0.4, -0.2) is 23.1 Å². The van der Waals surface area contributed by atoms with E-state index >= 15 is 0 Å². The first kappa shape index (κ1) is 10.9. The van der Waals surface area contributed by atoms with E-state index in [1.165, 1.54) is 0 Å². The standard InChI is InChI=1S/C2H3IO3.Mg/c1-2-6-3(4)5;/h2H,1H2;. The quantitative estimate of drug-likeness (QED) is 0.269. The highest BCUT2D eigenvalue weighted by molar-refractivity contribution is 5.75. The molecule has 0 amide bonds. The number of halogens is 1. The Morgan fingerprint density at radius 2 is 2.00 bits per heavy atom. The third-order valence-electron chi connectivity index (χ3n) is 0.136. The number of rotatable bonds is 2. The lowest BCUT2D eigenvalue weighted by Gasteiger charge is -1.80. The van der Waals surface area contributed by atoms with Gasteiger partial charge in [0.15, 0.2) is 6.26 Å². The molecule has 0 aromatic heterocycles. The third-order valence-corrected chi connectivity index (χ3v) is 0.911. The molecule has 0 aromatic carbocycles. The van der Waals surface area contributed by atoms with Crippen LogP contribution in [0.1, 0.15) is 0 Å². The van der Waals surface area contributed by atoms with Crippen LogP contribution in [0, 0.1) is 0 Å². The van der Waals surface area contributed by atoms with E-state index in [2.05, 4.69) is 9.65 Å². The summed E-state index contributed by atoms with van der Waals surface area (Å²) in [7, 11) is 0. The second kappa shape index (κ2) is 6.96. The zero-order valence-electron chi connectivity index (χ0n) is 3.59. The van der Waals surface area contributed by atoms with Crippen LogP contribution >= 0.6 is 0 Å². The first-order chi connectivity index (χ1) is 2.77. The van der Waals surface area contributed by atoms with Gasteiger partial charge in [0, 0.05) is 23.1 Å². The maximum Gasteiger partial charge on any atom is 0.568 e. The summed E-state index contributed by atoms with van der Waals surface area (Å²) in [6.45, 7) is 3.02. The van der Waals surface area contributed by atoms with E-state index in [4.69, 9.17) is 0 Å². The van der Waals surface area contributed by atoms with E-state index in [1.807, 2.05) is 0 Å². The lowest BCUT2D eigenvalue weighted by atomic mass is 11.2. The Bertz CT molecular complexity index is 48.2. The molecule has 0 aliphatic rings. The van der Waals surface area contributed by atoms with Crippen LogP contribution in [0.5, 0.6) is 0 Å². The average Bonchev–Trinajstić information content (AvgIpc) is 1.35. The van der Waals surface area contributed by atoms with Gasteiger partial charge in [-0.25, -0.2) is 0 Å². The molecule has 0 aliphatic heterocycles. The van der Waals surface area contributed by atoms with Gasteiger partial charge in [-0.15, -0.1) is 0 Å². The topological polar surface area (TPSA) is 55.3 Å². The van der Waals surface area contributed by atoms with Crippen LogP contribution in [0.3, 0.4) is 0 Å². The predicted molar refractivity (Wildman–Crippen MR) is 17.0 cm³/mol. The van der Waals surface area contributed by atoms with Crippen molar-refractivity contribution in [1.29, 1.82) is 0 Å². The van der Waals surface area contributed by atoms with Crippen molar-refractivity contribution in [2.24, 2.45) is 0 Å². The van der Waals surface area contributed by atoms with Crippen molar-refractivity contribution in [1.82, 2.24) is 0 Å². The molecule has 0 unspecified atom stereocenters. The summed E-state index contributed by atoms with van der Waals surface area (Å²) < 4.78 is 22.7. The highest BCUT2D eigenvalue weighted by atomic mass is 127. The lowest BCUT2D eigenvalue weighted by molar-refractivity contribution is -1.63. The molecule has 0 saturated carbocycles. The van der Waals surface area contributed by atoms with Crippen LogP contribution in [0.2, 0.25) is 0 Å². The van der Waals surface area contributed by atoms with Gasteiger partial charge in [0.05, 0.1) is 0 Å². The van der Waals surface area contributed by atoms with Gasteiger partial charge in [-0.3, -0.25) is 0 Å². The van der Waals surface area contributed by atoms with Gasteiger partial charge in [-0.05, 0) is 0 Å². The second-order valence-corrected chi connectivity index (χ2v) is 2.03. The van der Waals surface area contributed by atoms with E-state index in [0.29, 0.717) is 0 Å². The highest BCUT2D eigenvalue weighted by Crippen LogP contribution is 1.40. The minimum absolute atomic E-state index is 0. The molecular weight excluding hydrogens is 223 g/mol. The van der Waals surface area contributed by atoms with Gasteiger partial charge in [-0.2, -0.15) is 3.07 Å². The predicted octanol–water partition coefficient (Wildman–Crippen LogP) is -5.14. The maximum absolute atomic E-state index is 9.43. The minimum atomic E-state index is -3.43. The summed E-state index contributed by atoms with van der Waals surface area (Å²) in [5, 5.41) is 0. The van der Waals surface area contributed by atoms with E-state index in [9.17, 15) is 6.87 Å². The smallest absolute Gasteiger partial charge is 0.385 e. The summed E-state index contributed by atoms with van der Waals surface area (Å²) in [6, 6.07) is 0. The second-order valence-electron chi connectivity index (χ2n) is 0.445. The van der Waals surface area contributed by atoms with Gasteiger partial charge in [0.2, 0.25) is 0 Å². The normalized spacial score (nSPS) is 7.29. The van der Waals surface area contributed by atoms with Crippen molar-refractivity contribution in [2.45, 2.75) is 0 Å². The molecule has 0 saturated heterocycles. The van der Waals surface area contributed by atoms with E-state index < -0.39 is 21.1 Å². The minimum Gasteiger partial charge on any atom is -0.385 e. The molecule has 7 heavy (non-hydrogen) atoms. The molecule has 0 aliphatic carbocycles. The van der Waals surface area contributed by atoms with Gasteiger partial charge in [0.25, 0.3) is 0 Å². The van der Waals surface area contributed by atoms with Crippen molar-refractivity contribution in [3.05, 3.63) is 12.8 Å². The Labute approximate surface area is 66.6 Å². The average molecular weight is 226 g/mol. The Balaban J connectivity index is 0. The fourth-order valence-corrected chi connectivity index (χ4v) is 0.345. The van der Waals surface area contributed by atoms with Crippen LogP contribution in [0.4, 0.5) is 0 Å². The van der Waals surface area contributed by atoms with Crippen LogP contribution in [-0.2, 0) is 3.07 Å². The van der Waals surface area contributed by atoms with Crippen molar-refractivity contribution < 1.29 is 31.0 Å². The molecule has 5 heteroatoms. The molecule has 0 bridgehead atoms. The highest BCUT2D eigenvalue weighted by Gasteiger charge is 2.04. The number of hydrogen-bond acceptors (Lipinski definition) is 3. The van der Waals surface area contributed by atoms with Crippen molar-refractivity contribution in [2.75, 3.05) is 0 Å². The van der Waals surface area contributed by atoms with Crippen molar-refractivity contribution in [3.8, 4) is 0 Å². The van der Waals surface area contributed by atoms with Crippen LogP contribution in [0.25, 0.3) is 0 Å². The fourth-order valence-electron chi connectivity index (χ4n) is 0.0514. The maximum atomic E-state index is 9.43. The molecule has 0 aromatic rings. The molecule has 38 valence electrons. The van der Waals surface area contributed by atoms with Crippen molar-refractivity contribution in [3.63, 3.8) is 0 Å². The third kappa shape index (κ3) is 10.9. The lowest BCUT2D eigenvalue weighted by Crippen LogP contribution is -3.98. The monoisotopic (exact) mass is 226 g/mol. The fraction of sp³-hybridized carbons (Fsp3) is 0. The van der Waals surface area contributed by atoms with E-state index in [-0.39, 0.29) is 23.1 Å². The SMILES string of the molecule is C=CO[I+2]([O-])[O-].[Mg]. The zero-order valence-corrected chi connectivity index (χ0v) is 7.17. The summed E-state index contributed by atoms with van der Waals surface area (Å²) in [5.74, 6) is 0. The van der Waals surface area contributed by atoms with Gasteiger partial charge >= 0.3 is 21.1 Å². The van der Waals surface area contributed by atoms with Crippen LogP contribution in [0.15, 0.2) is 12.8 Å². The Morgan fingerprint density at radius 1 is 1.57 bits per heavy atom. The summed E-state index contributed by atoms with van der Waals surface area (Å²) >= 11 is -3.43. The molecule has 0 heterocycles. The first-order valence-corrected chi connectivity index (χ1v) is 3.75. The molecule has 0 spiro atoms. The molecular formula is C2H3IMgO3. The molecule has 0 rings (SSSR count). The van der Waals surface area contributed by atoms with Crippen molar-refractivity contribution >= 4 is 23.1 Å². The molecule has 0 fully saturated rings. The van der Waals surface area contributed by atoms with Gasteiger partial charge < -0.3 is 6.87 Å². The summed E-state index contributed by atoms with van der Waals surface area (Å²) in [5.41, 5.74) is 0. The van der Waals surface area contributed by atoms with Gasteiger partial charge in [0.1, 0.15) is 0 Å². The molecule has 0 atom stereocenters. The van der Waals surface area contributed by atoms with E-state index in [1.54, 1.807) is 0 Å². The molecule has 0 N–H and O–H groups in total. The Kier molecular flexibility index (Phi) is 10.8. The first-order valence-electron chi connectivity index (χ1n) is 1.11. The largest absolute Gasteiger partial charge is 0.568 e. The summed E-state index contributed by atoms with van der Waals surface area (Å²) in [4.78, 5) is 0. The molecule has 3 nitrogen and oxygen atoms in total. The van der Waals surface area contributed by atoms with Gasteiger partial charge in [-0.1, -0.05) is 6.58 Å². The number of hydrogen-bond donors (Lipinski definition) is 0. The van der Waals surface area contributed by atoms with Crippen LogP contribution < -0.4 is 27.9 Å². The zero-order chi connectivity index (χ0) is 4.99. The van der Waals surface area contributed by atoms with E-state index in [0.717, 1.165) is 6.26 Å². The molecule has 2 radical (unpaired) electrons. The Hall–Kier alpha value is 0.956. The Morgan fingerprint density at radius 3 is 2.00 bits per heavy atom. The summed E-state index contributed by atoms with van der Waals surface area (Å²) in [6.07, 6.45) is 0.894.